The normalized spacial score (nSPS) is 38.9. The number of piperidine rings is 1. The van der Waals surface area contributed by atoms with E-state index >= 15 is 0 Å². The largest absolute Gasteiger partial charge is 0.390 e. The van der Waals surface area contributed by atoms with Crippen LogP contribution in [0.1, 0.15) is 79.6 Å². The summed E-state index contributed by atoms with van der Waals surface area (Å²) in [5, 5.41) is 20.7. The van der Waals surface area contributed by atoms with Crippen molar-refractivity contribution < 1.29 is 19.8 Å². The average molecular weight is 496 g/mol. The van der Waals surface area contributed by atoms with E-state index in [1.807, 2.05) is 17.0 Å². The molecule has 2 amide bonds. The van der Waals surface area contributed by atoms with Gasteiger partial charge in [-0.2, -0.15) is 0 Å². The molecule has 2 heterocycles. The van der Waals surface area contributed by atoms with Crippen molar-refractivity contribution in [1.82, 2.24) is 9.80 Å². The fraction of sp³-hybridized carbons (Fsp3) is 0.724. The van der Waals surface area contributed by atoms with E-state index in [0.717, 1.165) is 45.2 Å². The number of carbonyl (C=O) groups excluding carboxylic acids is 2. The Balaban J connectivity index is 1.09. The van der Waals surface area contributed by atoms with Crippen molar-refractivity contribution in [3.8, 4) is 0 Å². The SMILES string of the molecule is NC(=O)c1cccc(C2C[C@H]3CC[C@@H](C2)N3CCN(CC2C3CC4CC2CC(O)(C4)C3)C(=O)CO)c1. The van der Waals surface area contributed by atoms with Gasteiger partial charge in [0.15, 0.2) is 0 Å². The van der Waals surface area contributed by atoms with Crippen molar-refractivity contribution >= 4 is 11.8 Å². The van der Waals surface area contributed by atoms with Gasteiger partial charge in [-0.25, -0.2) is 0 Å². The Labute approximate surface area is 214 Å². The van der Waals surface area contributed by atoms with Crippen LogP contribution in [0, 0.1) is 23.7 Å². The van der Waals surface area contributed by atoms with Crippen LogP contribution >= 0.6 is 0 Å². The maximum Gasteiger partial charge on any atom is 0.248 e. The average Bonchev–Trinajstić information content (AvgIpc) is 3.08. The summed E-state index contributed by atoms with van der Waals surface area (Å²) in [6.07, 6.45) is 9.63. The lowest BCUT2D eigenvalue weighted by molar-refractivity contribution is -0.160. The zero-order chi connectivity index (χ0) is 25.0. The van der Waals surface area contributed by atoms with Gasteiger partial charge in [-0.15, -0.1) is 0 Å². The molecule has 6 aliphatic rings. The number of hydrogen-bond acceptors (Lipinski definition) is 5. The van der Waals surface area contributed by atoms with Gasteiger partial charge in [-0.1, -0.05) is 12.1 Å². The number of aliphatic hydroxyl groups excluding tert-OH is 1. The van der Waals surface area contributed by atoms with Crippen molar-refractivity contribution in [2.24, 2.45) is 29.4 Å². The molecule has 3 unspecified atom stereocenters. The molecule has 6 bridgehead atoms. The molecule has 7 rings (SSSR count). The molecule has 4 N–H and O–H groups in total. The van der Waals surface area contributed by atoms with Gasteiger partial charge in [-0.3, -0.25) is 14.5 Å². The molecule has 6 fully saturated rings. The van der Waals surface area contributed by atoms with Crippen LogP contribution in [0.25, 0.3) is 0 Å². The Morgan fingerprint density at radius 1 is 1.06 bits per heavy atom. The van der Waals surface area contributed by atoms with Crippen LogP contribution in [-0.2, 0) is 4.79 Å². The van der Waals surface area contributed by atoms with E-state index in [9.17, 15) is 19.8 Å². The van der Waals surface area contributed by atoms with Gasteiger partial charge in [0.2, 0.25) is 11.8 Å². The van der Waals surface area contributed by atoms with Crippen molar-refractivity contribution in [3.05, 3.63) is 35.4 Å². The lowest BCUT2D eigenvalue weighted by atomic mass is 9.50. The molecule has 4 saturated carbocycles. The molecule has 0 radical (unpaired) electrons. The summed E-state index contributed by atoms with van der Waals surface area (Å²) in [7, 11) is 0. The van der Waals surface area contributed by atoms with Gasteiger partial charge in [0.1, 0.15) is 6.61 Å². The quantitative estimate of drug-likeness (QED) is 0.514. The number of aliphatic hydroxyl groups is 2. The Kier molecular flexibility index (Phi) is 6.37. The van der Waals surface area contributed by atoms with Gasteiger partial charge in [0.25, 0.3) is 0 Å². The molecule has 7 nitrogen and oxygen atoms in total. The van der Waals surface area contributed by atoms with Crippen LogP contribution < -0.4 is 5.73 Å². The topological polar surface area (TPSA) is 107 Å². The van der Waals surface area contributed by atoms with E-state index < -0.39 is 12.2 Å². The highest BCUT2D eigenvalue weighted by molar-refractivity contribution is 5.92. The third-order valence-corrected chi connectivity index (χ3v) is 10.5. The highest BCUT2D eigenvalue weighted by atomic mass is 16.3. The first-order valence-corrected chi connectivity index (χ1v) is 14.1. The fourth-order valence-electron chi connectivity index (χ4n) is 9.15. The van der Waals surface area contributed by atoms with Crippen LogP contribution in [0.5, 0.6) is 0 Å². The maximum absolute atomic E-state index is 12.8. The predicted octanol–water partition coefficient (Wildman–Crippen LogP) is 2.50. The highest BCUT2D eigenvalue weighted by Gasteiger charge is 2.55. The Morgan fingerprint density at radius 2 is 1.75 bits per heavy atom. The number of fused-ring (bicyclic) bond motifs is 2. The number of carbonyl (C=O) groups is 2. The maximum atomic E-state index is 12.8. The first kappa shape index (κ1) is 24.4. The van der Waals surface area contributed by atoms with Gasteiger partial charge in [0.05, 0.1) is 5.60 Å². The Bertz CT molecular complexity index is 984. The number of amides is 2. The summed E-state index contributed by atoms with van der Waals surface area (Å²) in [5.41, 5.74) is 6.84. The Morgan fingerprint density at radius 3 is 2.36 bits per heavy atom. The molecule has 7 heteroatoms. The van der Waals surface area contributed by atoms with E-state index in [4.69, 9.17) is 5.73 Å². The van der Waals surface area contributed by atoms with Gasteiger partial charge in [0, 0.05) is 37.3 Å². The van der Waals surface area contributed by atoms with Crippen LogP contribution in [0.2, 0.25) is 0 Å². The molecule has 0 spiro atoms. The second kappa shape index (κ2) is 9.41. The molecule has 1 aromatic rings. The minimum absolute atomic E-state index is 0.159. The van der Waals surface area contributed by atoms with E-state index in [1.54, 1.807) is 6.07 Å². The number of benzene rings is 1. The first-order valence-electron chi connectivity index (χ1n) is 14.1. The molecular weight excluding hydrogens is 454 g/mol. The van der Waals surface area contributed by atoms with E-state index in [2.05, 4.69) is 11.0 Å². The standard InChI is InChI=1S/C29H41N3O4/c30-28(35)20-3-1-2-19(10-20)21-11-24-4-5-25(12-21)32(24)7-6-31(27(34)17-33)16-26-22-8-18-9-23(26)15-29(36,13-18)14-22/h1-3,10,18,21-26,33,36H,4-9,11-17H2,(H2,30,35)/t18?,21?,22?,23?,24-,25+,26?,29?. The molecule has 1 aromatic carbocycles. The fourth-order valence-corrected chi connectivity index (χ4v) is 9.15. The minimum Gasteiger partial charge on any atom is -0.390 e. The lowest BCUT2D eigenvalue weighted by Gasteiger charge is -2.58. The summed E-state index contributed by atoms with van der Waals surface area (Å²) in [5.74, 6) is 2.04. The minimum atomic E-state index is -0.459. The third-order valence-electron chi connectivity index (χ3n) is 10.5. The monoisotopic (exact) mass is 495 g/mol. The molecule has 2 saturated heterocycles. The number of nitrogens with zero attached hydrogens (tertiary/aromatic N) is 2. The molecular formula is C29H41N3O4. The number of nitrogens with two attached hydrogens (primary N) is 1. The van der Waals surface area contributed by atoms with E-state index in [-0.39, 0.29) is 11.8 Å². The zero-order valence-electron chi connectivity index (χ0n) is 21.2. The lowest BCUT2D eigenvalue weighted by Crippen LogP contribution is -2.57. The van der Waals surface area contributed by atoms with Crippen molar-refractivity contribution in [2.75, 3.05) is 26.2 Å². The summed E-state index contributed by atoms with van der Waals surface area (Å²) in [6, 6.07) is 8.79. The van der Waals surface area contributed by atoms with E-state index in [1.165, 1.54) is 31.2 Å². The van der Waals surface area contributed by atoms with Crippen molar-refractivity contribution in [1.29, 1.82) is 0 Å². The summed E-state index contributed by atoms with van der Waals surface area (Å²) >= 11 is 0. The van der Waals surface area contributed by atoms with Gasteiger partial charge in [-0.05, 0) is 105 Å². The molecule has 196 valence electrons. The zero-order valence-corrected chi connectivity index (χ0v) is 21.2. The second-order valence-corrected chi connectivity index (χ2v) is 12.6. The van der Waals surface area contributed by atoms with Crippen LogP contribution in [0.15, 0.2) is 24.3 Å². The number of primary amides is 1. The van der Waals surface area contributed by atoms with E-state index in [0.29, 0.717) is 53.8 Å². The van der Waals surface area contributed by atoms with Crippen LogP contribution in [-0.4, -0.2) is 75.8 Å². The summed E-state index contributed by atoms with van der Waals surface area (Å²) < 4.78 is 0. The smallest absolute Gasteiger partial charge is 0.248 e. The third kappa shape index (κ3) is 4.48. The van der Waals surface area contributed by atoms with Gasteiger partial charge >= 0.3 is 0 Å². The second-order valence-electron chi connectivity index (χ2n) is 12.6. The molecule has 0 aromatic heterocycles. The summed E-state index contributed by atoms with van der Waals surface area (Å²) in [6.45, 7) is 1.81. The molecule has 36 heavy (non-hydrogen) atoms. The van der Waals surface area contributed by atoms with Gasteiger partial charge < -0.3 is 20.8 Å². The Hall–Kier alpha value is -1.96. The first-order chi connectivity index (χ1) is 17.3. The molecule has 4 aliphatic carbocycles. The number of rotatable bonds is 8. The molecule has 2 aliphatic heterocycles. The predicted molar refractivity (Wildman–Crippen MR) is 136 cm³/mol. The van der Waals surface area contributed by atoms with Crippen molar-refractivity contribution in [2.45, 2.75) is 81.4 Å². The highest BCUT2D eigenvalue weighted by Crippen LogP contribution is 2.58. The van der Waals surface area contributed by atoms with Crippen LogP contribution in [0.4, 0.5) is 0 Å². The number of hydrogen-bond donors (Lipinski definition) is 3. The summed E-state index contributed by atoms with van der Waals surface area (Å²) in [4.78, 5) is 29.0. The molecule has 5 atom stereocenters. The van der Waals surface area contributed by atoms with Crippen LogP contribution in [0.3, 0.4) is 0 Å². The van der Waals surface area contributed by atoms with Crippen molar-refractivity contribution in [3.63, 3.8) is 0 Å².